The van der Waals surface area contributed by atoms with Crippen molar-refractivity contribution in [2.45, 2.75) is 44.8 Å². The summed E-state index contributed by atoms with van der Waals surface area (Å²) >= 11 is 5.99. The number of halogens is 1. The minimum absolute atomic E-state index is 0.00389. The van der Waals surface area contributed by atoms with Gasteiger partial charge in [-0.3, -0.25) is 9.78 Å². The van der Waals surface area contributed by atoms with Gasteiger partial charge in [-0.05, 0) is 38.3 Å². The number of nitrogens with one attached hydrogen (secondary N) is 1. The molecule has 0 bridgehead atoms. The lowest BCUT2D eigenvalue weighted by Crippen LogP contribution is -2.46. The van der Waals surface area contributed by atoms with E-state index in [4.69, 9.17) is 16.3 Å². The number of hydrogen-bond acceptors (Lipinski definition) is 3. The summed E-state index contributed by atoms with van der Waals surface area (Å²) in [7, 11) is 0. The van der Waals surface area contributed by atoms with Crippen LogP contribution in [0, 0.1) is 0 Å². The normalized spacial score (nSPS) is 21.9. The highest BCUT2D eigenvalue weighted by molar-refractivity contribution is 6.31. The standard InChI is InChI=1S/C14H19ClN2O2/c1-14(2)8-11(4-6-19-14)17-13(18)7-10-3-5-16-9-12(10)15/h3,5,9,11H,4,6-8H2,1-2H3,(H,17,18)/t11-/m1/s1. The van der Waals surface area contributed by atoms with Crippen LogP contribution in [0.2, 0.25) is 5.02 Å². The van der Waals surface area contributed by atoms with E-state index in [9.17, 15) is 4.79 Å². The molecule has 5 heteroatoms. The Morgan fingerprint density at radius 3 is 3.11 bits per heavy atom. The molecule has 0 unspecified atom stereocenters. The summed E-state index contributed by atoms with van der Waals surface area (Å²) in [6.07, 6.45) is 5.19. The Morgan fingerprint density at radius 1 is 1.63 bits per heavy atom. The van der Waals surface area contributed by atoms with Gasteiger partial charge in [0.15, 0.2) is 0 Å². The highest BCUT2D eigenvalue weighted by Gasteiger charge is 2.29. The van der Waals surface area contributed by atoms with Crippen molar-refractivity contribution in [1.29, 1.82) is 0 Å². The number of carbonyl (C=O) groups is 1. The highest BCUT2D eigenvalue weighted by Crippen LogP contribution is 2.24. The maximum atomic E-state index is 12.0. The summed E-state index contributed by atoms with van der Waals surface area (Å²) in [5, 5.41) is 3.58. The molecule has 1 amide bonds. The largest absolute Gasteiger partial charge is 0.375 e. The fourth-order valence-corrected chi connectivity index (χ4v) is 2.54. The van der Waals surface area contributed by atoms with Gasteiger partial charge in [-0.2, -0.15) is 0 Å². The molecule has 0 spiro atoms. The molecule has 0 saturated carbocycles. The molecule has 1 saturated heterocycles. The van der Waals surface area contributed by atoms with Gasteiger partial charge in [0.2, 0.25) is 5.91 Å². The highest BCUT2D eigenvalue weighted by atomic mass is 35.5. The first-order chi connectivity index (χ1) is 8.96. The lowest BCUT2D eigenvalue weighted by molar-refractivity contribution is -0.123. The molecule has 2 rings (SSSR count). The van der Waals surface area contributed by atoms with E-state index < -0.39 is 0 Å². The first-order valence-electron chi connectivity index (χ1n) is 6.48. The van der Waals surface area contributed by atoms with Crippen LogP contribution >= 0.6 is 11.6 Å². The SMILES string of the molecule is CC1(C)C[C@H](NC(=O)Cc2ccncc2Cl)CCO1. The van der Waals surface area contributed by atoms with E-state index in [0.29, 0.717) is 18.1 Å². The first kappa shape index (κ1) is 14.3. The lowest BCUT2D eigenvalue weighted by Gasteiger charge is -2.35. The summed E-state index contributed by atoms with van der Waals surface area (Å²) in [4.78, 5) is 15.9. The maximum absolute atomic E-state index is 12.0. The molecule has 1 N–H and O–H groups in total. The third kappa shape index (κ3) is 4.18. The van der Waals surface area contributed by atoms with Crippen LogP contribution in [0.4, 0.5) is 0 Å². The Kier molecular flexibility index (Phi) is 4.42. The van der Waals surface area contributed by atoms with E-state index in [1.54, 1.807) is 18.5 Å². The van der Waals surface area contributed by atoms with Gasteiger partial charge in [0.05, 0.1) is 17.0 Å². The van der Waals surface area contributed by atoms with Gasteiger partial charge in [0, 0.05) is 25.0 Å². The van der Waals surface area contributed by atoms with Crippen molar-refractivity contribution in [3.63, 3.8) is 0 Å². The average molecular weight is 283 g/mol. The number of carbonyl (C=O) groups excluding carboxylic acids is 1. The molecular formula is C14H19ClN2O2. The molecule has 1 aliphatic heterocycles. The molecule has 2 heterocycles. The Morgan fingerprint density at radius 2 is 2.42 bits per heavy atom. The zero-order valence-electron chi connectivity index (χ0n) is 11.3. The van der Waals surface area contributed by atoms with Gasteiger partial charge in [-0.1, -0.05) is 11.6 Å². The number of aromatic nitrogens is 1. The second-order valence-electron chi connectivity index (χ2n) is 5.51. The Labute approximate surface area is 118 Å². The topological polar surface area (TPSA) is 51.2 Å². The fraction of sp³-hybridized carbons (Fsp3) is 0.571. The number of nitrogens with zero attached hydrogens (tertiary/aromatic N) is 1. The van der Waals surface area contributed by atoms with Crippen molar-refractivity contribution in [2.24, 2.45) is 0 Å². The van der Waals surface area contributed by atoms with Crippen molar-refractivity contribution in [1.82, 2.24) is 10.3 Å². The second-order valence-corrected chi connectivity index (χ2v) is 5.92. The number of pyridine rings is 1. The molecule has 0 radical (unpaired) electrons. The Hall–Kier alpha value is -1.13. The number of rotatable bonds is 3. The Bertz CT molecular complexity index is 463. The molecule has 0 aromatic carbocycles. The summed E-state index contributed by atoms with van der Waals surface area (Å²) < 4.78 is 5.63. The molecule has 4 nitrogen and oxygen atoms in total. The van der Waals surface area contributed by atoms with Crippen LogP contribution in [-0.2, 0) is 16.0 Å². The van der Waals surface area contributed by atoms with Gasteiger partial charge in [-0.25, -0.2) is 0 Å². The third-order valence-electron chi connectivity index (χ3n) is 3.27. The van der Waals surface area contributed by atoms with E-state index >= 15 is 0 Å². The zero-order chi connectivity index (χ0) is 13.9. The minimum Gasteiger partial charge on any atom is -0.375 e. The molecule has 1 atom stereocenters. The number of hydrogen-bond donors (Lipinski definition) is 1. The van der Waals surface area contributed by atoms with E-state index in [1.807, 2.05) is 13.8 Å². The van der Waals surface area contributed by atoms with Gasteiger partial charge < -0.3 is 10.1 Å². The van der Waals surface area contributed by atoms with Crippen LogP contribution in [-0.4, -0.2) is 29.1 Å². The van der Waals surface area contributed by atoms with Gasteiger partial charge in [-0.15, -0.1) is 0 Å². The van der Waals surface area contributed by atoms with Gasteiger partial charge in [0.1, 0.15) is 0 Å². The fourth-order valence-electron chi connectivity index (χ4n) is 2.35. The molecule has 1 fully saturated rings. The maximum Gasteiger partial charge on any atom is 0.224 e. The molecule has 1 aliphatic rings. The van der Waals surface area contributed by atoms with Crippen LogP contribution in [0.15, 0.2) is 18.5 Å². The Balaban J connectivity index is 1.90. The summed E-state index contributed by atoms with van der Waals surface area (Å²) in [5.41, 5.74) is 0.644. The van der Waals surface area contributed by atoms with E-state index in [2.05, 4.69) is 10.3 Å². The molecule has 19 heavy (non-hydrogen) atoms. The quantitative estimate of drug-likeness (QED) is 0.926. The van der Waals surface area contributed by atoms with Crippen LogP contribution in [0.1, 0.15) is 32.3 Å². The van der Waals surface area contributed by atoms with Crippen molar-refractivity contribution in [2.75, 3.05) is 6.61 Å². The van der Waals surface area contributed by atoms with Gasteiger partial charge in [0.25, 0.3) is 0 Å². The zero-order valence-corrected chi connectivity index (χ0v) is 12.0. The van der Waals surface area contributed by atoms with Crippen molar-refractivity contribution in [3.05, 3.63) is 29.0 Å². The van der Waals surface area contributed by atoms with Crippen LogP contribution in [0.25, 0.3) is 0 Å². The predicted molar refractivity (Wildman–Crippen MR) is 74.1 cm³/mol. The average Bonchev–Trinajstić information content (AvgIpc) is 2.30. The van der Waals surface area contributed by atoms with E-state index in [0.717, 1.165) is 18.4 Å². The predicted octanol–water partition coefficient (Wildman–Crippen LogP) is 2.35. The van der Waals surface area contributed by atoms with Gasteiger partial charge >= 0.3 is 0 Å². The molecule has 1 aromatic heterocycles. The van der Waals surface area contributed by atoms with Crippen LogP contribution in [0.3, 0.4) is 0 Å². The summed E-state index contributed by atoms with van der Waals surface area (Å²) in [6.45, 7) is 4.78. The molecule has 1 aromatic rings. The summed E-state index contributed by atoms with van der Waals surface area (Å²) in [5.74, 6) is -0.00389. The van der Waals surface area contributed by atoms with E-state index in [1.165, 1.54) is 0 Å². The minimum atomic E-state index is -0.162. The molecular weight excluding hydrogens is 264 g/mol. The third-order valence-corrected chi connectivity index (χ3v) is 3.61. The van der Waals surface area contributed by atoms with E-state index in [-0.39, 0.29) is 17.6 Å². The second kappa shape index (κ2) is 5.88. The van der Waals surface area contributed by atoms with Crippen LogP contribution < -0.4 is 5.32 Å². The van der Waals surface area contributed by atoms with Crippen molar-refractivity contribution in [3.8, 4) is 0 Å². The summed E-state index contributed by atoms with van der Waals surface area (Å²) in [6, 6.07) is 1.95. The number of ether oxygens (including phenoxy) is 1. The van der Waals surface area contributed by atoms with Crippen molar-refractivity contribution >= 4 is 17.5 Å². The molecule has 0 aliphatic carbocycles. The monoisotopic (exact) mass is 282 g/mol. The first-order valence-corrected chi connectivity index (χ1v) is 6.86. The van der Waals surface area contributed by atoms with Crippen molar-refractivity contribution < 1.29 is 9.53 Å². The van der Waals surface area contributed by atoms with Crippen LogP contribution in [0.5, 0.6) is 0 Å². The smallest absolute Gasteiger partial charge is 0.224 e. The molecule has 104 valence electrons. The number of amides is 1. The lowest BCUT2D eigenvalue weighted by atomic mass is 9.94.